The number of carbonyl (C=O) groups is 1. The SMILES string of the molecule is CCOC(=O)CN(c1cccc(C(F)(F)F)c1)S(=O)(=O)c1cc(Cl)ccc1Cl. The maximum atomic E-state index is 13.1. The van der Waals surface area contributed by atoms with E-state index in [9.17, 15) is 26.4 Å². The second-order valence-electron chi connectivity index (χ2n) is 5.44. The Morgan fingerprint density at radius 3 is 2.43 bits per heavy atom. The van der Waals surface area contributed by atoms with Gasteiger partial charge in [-0.2, -0.15) is 13.2 Å². The molecule has 0 atom stereocenters. The van der Waals surface area contributed by atoms with E-state index in [1.165, 1.54) is 19.1 Å². The molecule has 28 heavy (non-hydrogen) atoms. The summed E-state index contributed by atoms with van der Waals surface area (Å²) in [5, 5.41) is -0.159. The quantitative estimate of drug-likeness (QED) is 0.588. The van der Waals surface area contributed by atoms with Crippen LogP contribution in [-0.2, 0) is 25.7 Å². The van der Waals surface area contributed by atoms with Crippen molar-refractivity contribution in [2.75, 3.05) is 17.5 Å². The van der Waals surface area contributed by atoms with E-state index in [1.807, 2.05) is 0 Å². The first-order valence-corrected chi connectivity index (χ1v) is 9.97. The third-order valence-electron chi connectivity index (χ3n) is 3.50. The molecule has 5 nitrogen and oxygen atoms in total. The number of alkyl halides is 3. The monoisotopic (exact) mass is 455 g/mol. The van der Waals surface area contributed by atoms with Crippen LogP contribution in [0.1, 0.15) is 12.5 Å². The van der Waals surface area contributed by atoms with Crippen LogP contribution in [-0.4, -0.2) is 27.5 Å². The lowest BCUT2D eigenvalue weighted by Crippen LogP contribution is -2.37. The third kappa shape index (κ3) is 5.09. The van der Waals surface area contributed by atoms with Crippen molar-refractivity contribution < 1.29 is 31.1 Å². The van der Waals surface area contributed by atoms with Crippen LogP contribution in [0.5, 0.6) is 0 Å². The molecule has 2 rings (SSSR count). The minimum Gasteiger partial charge on any atom is -0.465 e. The summed E-state index contributed by atoms with van der Waals surface area (Å²) in [7, 11) is -4.53. The lowest BCUT2D eigenvalue weighted by atomic mass is 10.2. The van der Waals surface area contributed by atoms with Crippen molar-refractivity contribution in [3.63, 3.8) is 0 Å². The summed E-state index contributed by atoms with van der Waals surface area (Å²) in [6.07, 6.45) is -4.71. The van der Waals surface area contributed by atoms with Crippen LogP contribution < -0.4 is 4.31 Å². The third-order valence-corrected chi connectivity index (χ3v) is 5.99. The summed E-state index contributed by atoms with van der Waals surface area (Å²) in [6, 6.07) is 7.19. The molecule has 0 N–H and O–H groups in total. The van der Waals surface area contributed by atoms with E-state index in [0.29, 0.717) is 10.4 Å². The van der Waals surface area contributed by atoms with Crippen LogP contribution in [0.25, 0.3) is 0 Å². The summed E-state index contributed by atoms with van der Waals surface area (Å²) in [5.41, 5.74) is -1.45. The summed E-state index contributed by atoms with van der Waals surface area (Å²) in [5.74, 6) is -0.943. The minimum absolute atomic E-state index is 0.0345. The van der Waals surface area contributed by atoms with Crippen molar-refractivity contribution in [3.8, 4) is 0 Å². The van der Waals surface area contributed by atoms with Crippen LogP contribution in [0.3, 0.4) is 0 Å². The number of ether oxygens (including phenoxy) is 1. The van der Waals surface area contributed by atoms with Crippen LogP contribution in [0.4, 0.5) is 18.9 Å². The lowest BCUT2D eigenvalue weighted by molar-refractivity contribution is -0.141. The van der Waals surface area contributed by atoms with Gasteiger partial charge in [0.1, 0.15) is 11.4 Å². The Kier molecular flexibility index (Phi) is 6.84. The van der Waals surface area contributed by atoms with Gasteiger partial charge in [0.25, 0.3) is 10.0 Å². The number of hydrogen-bond acceptors (Lipinski definition) is 4. The molecule has 0 aromatic heterocycles. The highest BCUT2D eigenvalue weighted by molar-refractivity contribution is 7.93. The molecule has 2 aromatic rings. The first kappa shape index (κ1) is 22.3. The van der Waals surface area contributed by atoms with Gasteiger partial charge in [0.15, 0.2) is 0 Å². The molecule has 0 saturated heterocycles. The smallest absolute Gasteiger partial charge is 0.416 e. The van der Waals surface area contributed by atoms with E-state index in [1.54, 1.807) is 0 Å². The minimum atomic E-state index is -4.71. The van der Waals surface area contributed by atoms with Crippen molar-refractivity contribution in [1.29, 1.82) is 0 Å². The molecule has 0 bridgehead atoms. The van der Waals surface area contributed by atoms with E-state index in [0.717, 1.165) is 24.3 Å². The van der Waals surface area contributed by atoms with E-state index in [4.69, 9.17) is 27.9 Å². The molecule has 2 aromatic carbocycles. The largest absolute Gasteiger partial charge is 0.465 e. The Balaban J connectivity index is 2.63. The highest BCUT2D eigenvalue weighted by Crippen LogP contribution is 2.35. The average molecular weight is 456 g/mol. The van der Waals surface area contributed by atoms with Gasteiger partial charge in [0.2, 0.25) is 0 Å². The van der Waals surface area contributed by atoms with Crippen LogP contribution in [0.2, 0.25) is 10.0 Å². The summed E-state index contributed by atoms with van der Waals surface area (Å²) < 4.78 is 70.6. The van der Waals surface area contributed by atoms with Crippen LogP contribution >= 0.6 is 23.2 Å². The number of carbonyl (C=O) groups excluding carboxylic acids is 1. The van der Waals surface area contributed by atoms with Crippen molar-refractivity contribution in [2.45, 2.75) is 18.0 Å². The fourth-order valence-electron chi connectivity index (χ4n) is 2.27. The summed E-state index contributed by atoms with van der Waals surface area (Å²) >= 11 is 11.8. The highest BCUT2D eigenvalue weighted by atomic mass is 35.5. The van der Waals surface area contributed by atoms with Crippen LogP contribution in [0.15, 0.2) is 47.4 Å². The molecule has 0 aliphatic carbocycles. The fourth-order valence-corrected chi connectivity index (χ4v) is 4.41. The van der Waals surface area contributed by atoms with E-state index in [2.05, 4.69) is 0 Å². The number of anilines is 1. The predicted molar refractivity (Wildman–Crippen MR) is 99.1 cm³/mol. The number of sulfonamides is 1. The first-order valence-electron chi connectivity index (χ1n) is 7.77. The van der Waals surface area contributed by atoms with Gasteiger partial charge < -0.3 is 4.74 Å². The first-order chi connectivity index (χ1) is 13.0. The van der Waals surface area contributed by atoms with E-state index < -0.39 is 39.2 Å². The number of nitrogens with zero attached hydrogens (tertiary/aromatic N) is 1. The molecule has 152 valence electrons. The number of hydrogen-bond donors (Lipinski definition) is 0. The topological polar surface area (TPSA) is 63.7 Å². The summed E-state index contributed by atoms with van der Waals surface area (Å²) in [4.78, 5) is 11.5. The highest BCUT2D eigenvalue weighted by Gasteiger charge is 2.34. The molecule has 0 amide bonds. The van der Waals surface area contributed by atoms with Gasteiger partial charge in [0, 0.05) is 5.02 Å². The van der Waals surface area contributed by atoms with Gasteiger partial charge in [-0.25, -0.2) is 8.42 Å². The molecule has 0 spiro atoms. The second kappa shape index (κ2) is 8.59. The van der Waals surface area contributed by atoms with E-state index in [-0.39, 0.29) is 22.3 Å². The Bertz CT molecular complexity index is 981. The van der Waals surface area contributed by atoms with Crippen LogP contribution in [0, 0.1) is 0 Å². The number of halogens is 5. The molecule has 0 heterocycles. The summed E-state index contributed by atoms with van der Waals surface area (Å²) in [6.45, 7) is 0.627. The zero-order valence-electron chi connectivity index (χ0n) is 14.3. The van der Waals surface area contributed by atoms with Gasteiger partial charge in [-0.15, -0.1) is 0 Å². The molecule has 0 aliphatic rings. The zero-order valence-corrected chi connectivity index (χ0v) is 16.7. The Labute approximate surface area is 169 Å². The van der Waals surface area contributed by atoms with Gasteiger partial charge >= 0.3 is 12.1 Å². The van der Waals surface area contributed by atoms with Gasteiger partial charge in [0.05, 0.1) is 22.9 Å². The molecule has 0 radical (unpaired) electrons. The lowest BCUT2D eigenvalue weighted by Gasteiger charge is -2.25. The Hall–Kier alpha value is -1.97. The number of rotatable bonds is 6. The normalized spacial score (nSPS) is 11.9. The molecule has 0 unspecified atom stereocenters. The molecule has 0 fully saturated rings. The number of esters is 1. The second-order valence-corrected chi connectivity index (χ2v) is 8.11. The molecule has 0 saturated carbocycles. The van der Waals surface area contributed by atoms with Crippen molar-refractivity contribution >= 4 is 44.9 Å². The molecule has 11 heteroatoms. The Morgan fingerprint density at radius 1 is 1.14 bits per heavy atom. The van der Waals surface area contributed by atoms with Crippen molar-refractivity contribution in [1.82, 2.24) is 0 Å². The molecular weight excluding hydrogens is 442 g/mol. The predicted octanol–water partition coefficient (Wildman–Crippen LogP) is 4.77. The average Bonchev–Trinajstić information content (AvgIpc) is 2.61. The fraction of sp³-hybridized carbons (Fsp3) is 0.235. The maximum Gasteiger partial charge on any atom is 0.416 e. The maximum absolute atomic E-state index is 13.1. The van der Waals surface area contributed by atoms with Gasteiger partial charge in [-0.05, 0) is 43.3 Å². The standard InChI is InChI=1S/C17H14Cl2F3NO4S/c1-2-27-16(24)10-23(13-5-3-4-11(8-13)17(20,21)22)28(25,26)15-9-12(18)6-7-14(15)19/h3-9H,2,10H2,1H3. The molecule has 0 aliphatic heterocycles. The van der Waals surface area contributed by atoms with Crippen molar-refractivity contribution in [2.24, 2.45) is 0 Å². The number of benzene rings is 2. The van der Waals surface area contributed by atoms with Gasteiger partial charge in [-0.3, -0.25) is 9.10 Å². The molecular formula is C17H14Cl2F3NO4S. The van der Waals surface area contributed by atoms with Crippen molar-refractivity contribution in [3.05, 3.63) is 58.1 Å². The van der Waals surface area contributed by atoms with E-state index >= 15 is 0 Å². The van der Waals surface area contributed by atoms with Gasteiger partial charge in [-0.1, -0.05) is 29.3 Å². The zero-order chi connectivity index (χ0) is 21.1. The Morgan fingerprint density at radius 2 is 1.82 bits per heavy atom.